The summed E-state index contributed by atoms with van der Waals surface area (Å²) in [6.45, 7) is 3.87. The van der Waals surface area contributed by atoms with Crippen molar-refractivity contribution in [3.63, 3.8) is 0 Å². The number of hydrogen-bond acceptors (Lipinski definition) is 6. The van der Waals surface area contributed by atoms with Gasteiger partial charge in [-0.1, -0.05) is 58.9 Å². The highest BCUT2D eigenvalue weighted by atomic mass is 79.9. The smallest absolute Gasteiger partial charge is 0.263 e. The summed E-state index contributed by atoms with van der Waals surface area (Å²) in [4.78, 5) is 13.3. The van der Waals surface area contributed by atoms with Crippen molar-refractivity contribution in [1.29, 1.82) is 0 Å². The Morgan fingerprint density at radius 1 is 1.28 bits per heavy atom. The van der Waals surface area contributed by atoms with Gasteiger partial charge in [-0.2, -0.15) is 9.90 Å². The highest BCUT2D eigenvalue weighted by Gasteiger charge is 2.10. The first-order valence-electron chi connectivity index (χ1n) is 8.44. The fourth-order valence-corrected chi connectivity index (χ4v) is 3.69. The topological polar surface area (TPSA) is 94.3 Å². The van der Waals surface area contributed by atoms with Gasteiger partial charge < -0.3 is 4.74 Å². The van der Waals surface area contributed by atoms with Crippen LogP contribution in [0.3, 0.4) is 0 Å². The van der Waals surface area contributed by atoms with Crippen LogP contribution in [-0.4, -0.2) is 38.9 Å². The number of benzene rings is 2. The molecule has 2 aromatic carbocycles. The number of rotatable bonds is 8. The van der Waals surface area contributed by atoms with Crippen LogP contribution in [0.25, 0.3) is 11.4 Å². The van der Waals surface area contributed by atoms with Gasteiger partial charge in [0.1, 0.15) is 18.9 Å². The first-order chi connectivity index (χ1) is 14.1. The van der Waals surface area contributed by atoms with E-state index in [1.54, 1.807) is 6.08 Å². The molecule has 0 saturated carbocycles. The zero-order valence-electron chi connectivity index (χ0n) is 15.1. The minimum atomic E-state index is -0.388. The van der Waals surface area contributed by atoms with Crippen LogP contribution in [0.5, 0.6) is 5.75 Å². The number of amides is 1. The molecule has 0 aliphatic heterocycles. The number of carbonyl (C=O) groups excluding carboxylic acids is 1. The molecule has 148 valence electrons. The highest BCUT2D eigenvalue weighted by molar-refractivity contribution is 9.11. The Kier molecular flexibility index (Phi) is 7.25. The van der Waals surface area contributed by atoms with Crippen LogP contribution in [0.15, 0.2) is 69.2 Å². The van der Waals surface area contributed by atoms with Crippen LogP contribution in [0.4, 0.5) is 0 Å². The van der Waals surface area contributed by atoms with Crippen molar-refractivity contribution in [2.75, 3.05) is 6.61 Å². The molecule has 3 aromatic rings. The minimum absolute atomic E-state index is 0.112. The van der Waals surface area contributed by atoms with Crippen molar-refractivity contribution in [2.45, 2.75) is 6.54 Å². The standard InChI is InChI=1S/C19H16Br2N6O2/c1-2-8-29-18-14(9-15(20)10-16(18)21)11-22-23-17(28)12-27-25-19(24-26-27)13-6-4-3-5-7-13/h2-7,9-11H,1,8,12H2,(H,23,28)/b22-11-. The molecule has 0 unspecified atom stereocenters. The molecule has 3 rings (SSSR count). The normalized spacial score (nSPS) is 10.8. The van der Waals surface area contributed by atoms with Gasteiger partial charge in [0.25, 0.3) is 5.91 Å². The zero-order valence-corrected chi connectivity index (χ0v) is 18.3. The summed E-state index contributed by atoms with van der Waals surface area (Å²) in [6.07, 6.45) is 3.14. The predicted octanol–water partition coefficient (Wildman–Crippen LogP) is 3.58. The maximum Gasteiger partial charge on any atom is 0.263 e. The van der Waals surface area contributed by atoms with Gasteiger partial charge in [0.2, 0.25) is 5.82 Å². The Bertz CT molecular complexity index is 1040. The van der Waals surface area contributed by atoms with E-state index in [9.17, 15) is 4.79 Å². The van der Waals surface area contributed by atoms with Gasteiger partial charge >= 0.3 is 0 Å². The van der Waals surface area contributed by atoms with Crippen LogP contribution >= 0.6 is 31.9 Å². The monoisotopic (exact) mass is 518 g/mol. The molecule has 1 N–H and O–H groups in total. The van der Waals surface area contributed by atoms with E-state index in [2.05, 4.69) is 64.4 Å². The molecule has 0 bridgehead atoms. The van der Waals surface area contributed by atoms with E-state index in [0.29, 0.717) is 23.7 Å². The molecule has 1 amide bonds. The van der Waals surface area contributed by atoms with Crippen molar-refractivity contribution in [2.24, 2.45) is 5.10 Å². The summed E-state index contributed by atoms with van der Waals surface area (Å²) in [5, 5.41) is 16.0. The van der Waals surface area contributed by atoms with Gasteiger partial charge in [0, 0.05) is 15.6 Å². The SMILES string of the molecule is C=CCOc1c(Br)cc(Br)cc1/C=N\NC(=O)Cn1nnc(-c2ccccc2)n1. The molecule has 0 aliphatic rings. The number of halogens is 2. The lowest BCUT2D eigenvalue weighted by molar-refractivity contribution is -0.122. The molecule has 0 radical (unpaired) electrons. The lowest BCUT2D eigenvalue weighted by Crippen LogP contribution is -2.24. The second-order valence-electron chi connectivity index (χ2n) is 5.71. The highest BCUT2D eigenvalue weighted by Crippen LogP contribution is 2.32. The number of ether oxygens (including phenoxy) is 1. The molecular formula is C19H16Br2N6O2. The van der Waals surface area contributed by atoms with Crippen LogP contribution in [0, 0.1) is 0 Å². The summed E-state index contributed by atoms with van der Waals surface area (Å²) in [5.41, 5.74) is 3.95. The molecule has 0 fully saturated rings. The number of tetrazole rings is 1. The maximum atomic E-state index is 12.1. The van der Waals surface area contributed by atoms with Gasteiger partial charge in [-0.15, -0.1) is 10.2 Å². The Morgan fingerprint density at radius 2 is 2.07 bits per heavy atom. The molecule has 0 aliphatic carbocycles. The number of hydrogen-bond donors (Lipinski definition) is 1. The fraction of sp³-hybridized carbons (Fsp3) is 0.105. The first kappa shape index (κ1) is 20.9. The molecule has 0 saturated heterocycles. The van der Waals surface area contributed by atoms with Gasteiger partial charge in [0.05, 0.1) is 10.7 Å². The van der Waals surface area contributed by atoms with E-state index in [1.165, 1.54) is 11.0 Å². The molecule has 10 heteroatoms. The molecule has 29 heavy (non-hydrogen) atoms. The van der Waals surface area contributed by atoms with Crippen LogP contribution < -0.4 is 10.2 Å². The predicted molar refractivity (Wildman–Crippen MR) is 117 cm³/mol. The third-order valence-corrected chi connectivity index (χ3v) is 4.59. The second-order valence-corrected chi connectivity index (χ2v) is 7.48. The summed E-state index contributed by atoms with van der Waals surface area (Å²) < 4.78 is 7.24. The van der Waals surface area contributed by atoms with E-state index in [-0.39, 0.29) is 12.5 Å². The fourth-order valence-electron chi connectivity index (χ4n) is 2.32. The molecule has 0 spiro atoms. The Hall–Kier alpha value is -2.85. The number of aromatic nitrogens is 4. The number of nitrogens with zero attached hydrogens (tertiary/aromatic N) is 5. The van der Waals surface area contributed by atoms with Gasteiger partial charge in [-0.05, 0) is 33.3 Å². The largest absolute Gasteiger partial charge is 0.488 e. The Balaban J connectivity index is 1.63. The third-order valence-electron chi connectivity index (χ3n) is 3.55. The summed E-state index contributed by atoms with van der Waals surface area (Å²) in [7, 11) is 0. The average molecular weight is 520 g/mol. The molecule has 8 nitrogen and oxygen atoms in total. The summed E-state index contributed by atoms with van der Waals surface area (Å²) in [6, 6.07) is 13.1. The van der Waals surface area contributed by atoms with E-state index >= 15 is 0 Å². The van der Waals surface area contributed by atoms with Crippen LogP contribution in [-0.2, 0) is 11.3 Å². The first-order valence-corrected chi connectivity index (χ1v) is 10.0. The zero-order chi connectivity index (χ0) is 20.6. The quantitative estimate of drug-likeness (QED) is 0.279. The van der Waals surface area contributed by atoms with E-state index < -0.39 is 0 Å². The van der Waals surface area contributed by atoms with Crippen molar-refractivity contribution in [3.05, 3.63) is 69.6 Å². The van der Waals surface area contributed by atoms with Crippen LogP contribution in [0.2, 0.25) is 0 Å². The summed E-state index contributed by atoms with van der Waals surface area (Å²) >= 11 is 6.87. The Labute approximate surface area is 183 Å². The molecule has 1 heterocycles. The maximum absolute atomic E-state index is 12.1. The van der Waals surface area contributed by atoms with E-state index in [4.69, 9.17) is 4.74 Å². The van der Waals surface area contributed by atoms with Crippen LogP contribution in [0.1, 0.15) is 5.56 Å². The van der Waals surface area contributed by atoms with Gasteiger partial charge in [-0.25, -0.2) is 5.43 Å². The average Bonchev–Trinajstić information content (AvgIpc) is 3.16. The summed E-state index contributed by atoms with van der Waals surface area (Å²) in [5.74, 6) is 0.655. The van der Waals surface area contributed by atoms with Crippen molar-refractivity contribution in [3.8, 4) is 17.1 Å². The molecule has 1 aromatic heterocycles. The number of nitrogens with one attached hydrogen (secondary N) is 1. The second kappa shape index (κ2) is 10.1. The van der Waals surface area contributed by atoms with Gasteiger partial charge in [0.15, 0.2) is 0 Å². The number of hydrazone groups is 1. The third kappa shape index (κ3) is 5.81. The van der Waals surface area contributed by atoms with Crippen molar-refractivity contribution >= 4 is 44.0 Å². The minimum Gasteiger partial charge on any atom is -0.488 e. The molecule has 0 atom stereocenters. The lowest BCUT2D eigenvalue weighted by atomic mass is 10.2. The number of carbonyl (C=O) groups is 1. The molecular weight excluding hydrogens is 504 g/mol. The van der Waals surface area contributed by atoms with Gasteiger partial charge in [-0.3, -0.25) is 4.79 Å². The Morgan fingerprint density at radius 3 is 2.83 bits per heavy atom. The van der Waals surface area contributed by atoms with E-state index in [1.807, 2.05) is 42.5 Å². The van der Waals surface area contributed by atoms with Crippen molar-refractivity contribution in [1.82, 2.24) is 25.6 Å². The van der Waals surface area contributed by atoms with E-state index in [0.717, 1.165) is 14.5 Å². The van der Waals surface area contributed by atoms with Crippen molar-refractivity contribution < 1.29 is 9.53 Å². The lowest BCUT2D eigenvalue weighted by Gasteiger charge is -2.10.